The number of carbonyl (C=O) groups is 2. The maximum absolute atomic E-state index is 12.6. The van der Waals surface area contributed by atoms with Gasteiger partial charge in [-0.2, -0.15) is 0 Å². The van der Waals surface area contributed by atoms with Gasteiger partial charge in [-0.25, -0.2) is 9.79 Å². The maximum atomic E-state index is 12.6. The number of piperidine rings is 1. The van der Waals surface area contributed by atoms with Crippen LogP contribution in [0.2, 0.25) is 0 Å². The van der Waals surface area contributed by atoms with Gasteiger partial charge in [-0.05, 0) is 65.5 Å². The summed E-state index contributed by atoms with van der Waals surface area (Å²) in [4.78, 5) is 30.3. The molecule has 3 rings (SSSR count). The SMILES string of the molecule is CCNC(=NCc1ccc(C(N)=O)o1)NC1CC2CCC(C1)N2C(=O)OC(C)(C)C. The van der Waals surface area contributed by atoms with Gasteiger partial charge in [0.15, 0.2) is 11.7 Å². The van der Waals surface area contributed by atoms with Crippen LogP contribution in [0.5, 0.6) is 0 Å². The zero-order valence-electron chi connectivity index (χ0n) is 18.2. The van der Waals surface area contributed by atoms with Crippen molar-refractivity contribution in [2.75, 3.05) is 6.54 Å². The zero-order chi connectivity index (χ0) is 21.9. The minimum atomic E-state index is -0.595. The van der Waals surface area contributed by atoms with Gasteiger partial charge in [-0.1, -0.05) is 0 Å². The molecule has 2 aliphatic heterocycles. The number of rotatable bonds is 5. The second-order valence-corrected chi connectivity index (χ2v) is 8.91. The van der Waals surface area contributed by atoms with Crippen molar-refractivity contribution in [1.82, 2.24) is 15.5 Å². The van der Waals surface area contributed by atoms with E-state index in [9.17, 15) is 9.59 Å². The highest BCUT2D eigenvalue weighted by atomic mass is 16.6. The van der Waals surface area contributed by atoms with E-state index in [0.717, 1.165) is 32.2 Å². The molecule has 2 bridgehead atoms. The van der Waals surface area contributed by atoms with Gasteiger partial charge in [0.1, 0.15) is 17.9 Å². The average Bonchev–Trinajstić information content (AvgIpc) is 3.22. The minimum absolute atomic E-state index is 0.129. The number of hydrogen-bond acceptors (Lipinski definition) is 5. The molecule has 9 heteroatoms. The lowest BCUT2D eigenvalue weighted by molar-refractivity contribution is 0.00544. The van der Waals surface area contributed by atoms with Gasteiger partial charge in [-0.15, -0.1) is 0 Å². The van der Waals surface area contributed by atoms with Gasteiger partial charge in [0.2, 0.25) is 0 Å². The average molecular weight is 420 g/mol. The Kier molecular flexibility index (Phi) is 6.58. The topological polar surface area (TPSA) is 122 Å². The Morgan fingerprint density at radius 1 is 1.27 bits per heavy atom. The molecule has 0 aliphatic carbocycles. The Morgan fingerprint density at radius 3 is 2.47 bits per heavy atom. The first-order chi connectivity index (χ1) is 14.2. The fraction of sp³-hybridized carbons (Fsp3) is 0.667. The number of nitrogens with zero attached hydrogens (tertiary/aromatic N) is 2. The van der Waals surface area contributed by atoms with E-state index in [1.807, 2.05) is 32.6 Å². The Balaban J connectivity index is 1.60. The molecule has 9 nitrogen and oxygen atoms in total. The number of amides is 2. The van der Waals surface area contributed by atoms with Crippen LogP contribution >= 0.6 is 0 Å². The van der Waals surface area contributed by atoms with Gasteiger partial charge in [0.05, 0.1) is 0 Å². The molecule has 3 heterocycles. The van der Waals surface area contributed by atoms with Crippen LogP contribution in [0.15, 0.2) is 21.5 Å². The Labute approximate surface area is 177 Å². The number of furan rings is 1. The highest BCUT2D eigenvalue weighted by molar-refractivity contribution is 5.89. The Hall–Kier alpha value is -2.71. The lowest BCUT2D eigenvalue weighted by atomic mass is 9.98. The summed E-state index contributed by atoms with van der Waals surface area (Å²) in [6, 6.07) is 3.84. The molecule has 2 aliphatic rings. The van der Waals surface area contributed by atoms with Crippen LogP contribution in [-0.4, -0.2) is 53.1 Å². The van der Waals surface area contributed by atoms with E-state index in [1.165, 1.54) is 0 Å². The van der Waals surface area contributed by atoms with Crippen molar-refractivity contribution >= 4 is 18.0 Å². The molecule has 1 aromatic rings. The highest BCUT2D eigenvalue weighted by Gasteiger charge is 2.45. The second kappa shape index (κ2) is 8.97. The van der Waals surface area contributed by atoms with E-state index in [0.29, 0.717) is 18.3 Å². The van der Waals surface area contributed by atoms with Gasteiger partial charge in [0.25, 0.3) is 5.91 Å². The predicted octanol–water partition coefficient (Wildman–Crippen LogP) is 2.36. The minimum Gasteiger partial charge on any atom is -0.454 e. The molecule has 30 heavy (non-hydrogen) atoms. The van der Waals surface area contributed by atoms with E-state index in [4.69, 9.17) is 14.9 Å². The predicted molar refractivity (Wildman–Crippen MR) is 113 cm³/mol. The summed E-state index contributed by atoms with van der Waals surface area (Å²) in [5.74, 6) is 0.789. The van der Waals surface area contributed by atoms with Gasteiger partial charge < -0.3 is 30.4 Å². The number of primary amides is 1. The van der Waals surface area contributed by atoms with E-state index in [2.05, 4.69) is 15.6 Å². The molecule has 2 amide bonds. The Morgan fingerprint density at radius 2 is 1.93 bits per heavy atom. The molecule has 2 atom stereocenters. The van der Waals surface area contributed by atoms with Crippen molar-refractivity contribution in [2.24, 2.45) is 10.7 Å². The molecule has 0 saturated carbocycles. The van der Waals surface area contributed by atoms with Crippen molar-refractivity contribution in [3.8, 4) is 0 Å². The zero-order valence-corrected chi connectivity index (χ0v) is 18.2. The molecular formula is C21H33N5O4. The number of aliphatic imine (C=N–C) groups is 1. The van der Waals surface area contributed by atoms with Crippen molar-refractivity contribution < 1.29 is 18.7 Å². The summed E-state index contributed by atoms with van der Waals surface area (Å²) < 4.78 is 11.0. The molecule has 0 spiro atoms. The maximum Gasteiger partial charge on any atom is 0.410 e. The van der Waals surface area contributed by atoms with Crippen LogP contribution in [0.1, 0.15) is 69.7 Å². The molecular weight excluding hydrogens is 386 g/mol. The number of fused-ring (bicyclic) bond motifs is 2. The number of nitrogens with two attached hydrogens (primary N) is 1. The van der Waals surface area contributed by atoms with Crippen LogP contribution in [0.25, 0.3) is 0 Å². The summed E-state index contributed by atoms with van der Waals surface area (Å²) in [7, 11) is 0. The van der Waals surface area contributed by atoms with Gasteiger partial charge in [0, 0.05) is 24.7 Å². The van der Waals surface area contributed by atoms with Crippen LogP contribution in [0.3, 0.4) is 0 Å². The molecule has 1 aromatic heterocycles. The second-order valence-electron chi connectivity index (χ2n) is 8.91. The monoisotopic (exact) mass is 419 g/mol. The Bertz CT molecular complexity index is 784. The van der Waals surface area contributed by atoms with E-state index in [-0.39, 0.29) is 30.0 Å². The lowest BCUT2D eigenvalue weighted by Crippen LogP contribution is -2.55. The quantitative estimate of drug-likeness (QED) is 0.497. The fourth-order valence-corrected chi connectivity index (χ4v) is 4.17. The van der Waals surface area contributed by atoms with Crippen LogP contribution in [0, 0.1) is 0 Å². The molecule has 0 aromatic carbocycles. The molecule has 2 unspecified atom stereocenters. The van der Waals surface area contributed by atoms with Crippen LogP contribution in [-0.2, 0) is 11.3 Å². The summed E-state index contributed by atoms with van der Waals surface area (Å²) in [6.07, 6.45) is 3.49. The first kappa shape index (κ1) is 22.0. The summed E-state index contributed by atoms with van der Waals surface area (Å²) in [5, 5.41) is 6.74. The summed E-state index contributed by atoms with van der Waals surface area (Å²) in [5.41, 5.74) is 4.73. The van der Waals surface area contributed by atoms with Crippen molar-refractivity contribution in [2.45, 2.75) is 83.6 Å². The number of carbonyl (C=O) groups excluding carboxylic acids is 2. The number of hydrogen-bond donors (Lipinski definition) is 3. The fourth-order valence-electron chi connectivity index (χ4n) is 4.17. The van der Waals surface area contributed by atoms with Crippen molar-refractivity contribution in [3.05, 3.63) is 23.7 Å². The largest absolute Gasteiger partial charge is 0.454 e. The van der Waals surface area contributed by atoms with Crippen molar-refractivity contribution in [3.63, 3.8) is 0 Å². The first-order valence-corrected chi connectivity index (χ1v) is 10.6. The molecule has 166 valence electrons. The van der Waals surface area contributed by atoms with Crippen LogP contribution in [0.4, 0.5) is 4.79 Å². The number of ether oxygens (including phenoxy) is 1. The molecule has 0 radical (unpaired) electrons. The van der Waals surface area contributed by atoms with Gasteiger partial charge >= 0.3 is 6.09 Å². The third kappa shape index (κ3) is 5.46. The van der Waals surface area contributed by atoms with E-state index >= 15 is 0 Å². The molecule has 2 saturated heterocycles. The standard InChI is InChI=1S/C21H33N5O4/c1-5-23-19(24-12-16-8-9-17(29-16)18(22)27)25-13-10-14-6-7-15(11-13)26(14)20(28)30-21(2,3)4/h8-9,13-15H,5-7,10-12H2,1-4H3,(H2,22,27)(H2,23,24,25). The summed E-state index contributed by atoms with van der Waals surface area (Å²) >= 11 is 0. The third-order valence-corrected chi connectivity index (χ3v) is 5.32. The lowest BCUT2D eigenvalue weighted by Gasteiger charge is -2.40. The summed E-state index contributed by atoms with van der Waals surface area (Å²) in [6.45, 7) is 8.71. The number of guanidine groups is 1. The number of nitrogens with one attached hydrogen (secondary N) is 2. The van der Waals surface area contributed by atoms with E-state index < -0.39 is 11.5 Å². The molecule has 2 fully saturated rings. The molecule has 4 N–H and O–H groups in total. The van der Waals surface area contributed by atoms with Crippen LogP contribution < -0.4 is 16.4 Å². The third-order valence-electron chi connectivity index (χ3n) is 5.32. The van der Waals surface area contributed by atoms with E-state index in [1.54, 1.807) is 12.1 Å². The van der Waals surface area contributed by atoms with Crippen molar-refractivity contribution in [1.29, 1.82) is 0 Å². The smallest absolute Gasteiger partial charge is 0.410 e. The first-order valence-electron chi connectivity index (χ1n) is 10.6. The highest BCUT2D eigenvalue weighted by Crippen LogP contribution is 2.36. The van der Waals surface area contributed by atoms with Gasteiger partial charge in [-0.3, -0.25) is 4.79 Å². The normalized spacial score (nSPS) is 23.9.